The largest absolute Gasteiger partial charge is 0.368 e. The van der Waals surface area contributed by atoms with E-state index in [-0.39, 0.29) is 23.7 Å². The molecule has 1 atom stereocenters. The Morgan fingerprint density at radius 1 is 1.25 bits per heavy atom. The molecule has 0 bridgehead atoms. The highest BCUT2D eigenvalue weighted by atomic mass is 35.5. The minimum absolute atomic E-state index is 0.0981. The number of hydrogen-bond acceptors (Lipinski definition) is 3. The number of likely N-dealkylation sites (tertiary alicyclic amines) is 1. The van der Waals surface area contributed by atoms with Gasteiger partial charge in [-0.05, 0) is 43.9 Å². The van der Waals surface area contributed by atoms with E-state index in [9.17, 15) is 9.59 Å². The third-order valence-corrected chi connectivity index (χ3v) is 5.26. The average molecular weight is 350 g/mol. The maximum atomic E-state index is 12.4. The lowest BCUT2D eigenvalue weighted by Gasteiger charge is -2.33. The first-order valence-electron chi connectivity index (χ1n) is 8.43. The van der Waals surface area contributed by atoms with Crippen LogP contribution in [0.2, 0.25) is 5.02 Å². The van der Waals surface area contributed by atoms with E-state index in [1.165, 1.54) is 0 Å². The summed E-state index contributed by atoms with van der Waals surface area (Å²) in [6.07, 6.45) is 3.06. The van der Waals surface area contributed by atoms with Crippen LogP contribution in [-0.2, 0) is 9.53 Å². The number of aromatic nitrogens is 2. The maximum Gasteiger partial charge on any atom is 0.326 e. The molecule has 2 aliphatic heterocycles. The number of piperidine rings is 1. The van der Waals surface area contributed by atoms with Crippen LogP contribution in [0.1, 0.15) is 31.7 Å². The standard InChI is InChI=1S/C17H20ClN3O3/c18-11-3-4-14-13(10-11)19-17(23)21(14)12-5-7-20(8-6-12)16(22)15-2-1-9-24-15/h3-4,10,12,15H,1-2,5-9H2,(H,19,23). The van der Waals surface area contributed by atoms with Crippen molar-refractivity contribution in [3.8, 4) is 0 Å². The Morgan fingerprint density at radius 3 is 2.75 bits per heavy atom. The number of carbonyl (C=O) groups is 1. The van der Waals surface area contributed by atoms with Gasteiger partial charge in [-0.2, -0.15) is 0 Å². The Hall–Kier alpha value is -1.79. The molecule has 2 aliphatic rings. The molecule has 0 saturated carbocycles. The van der Waals surface area contributed by atoms with Crippen LogP contribution in [0.4, 0.5) is 0 Å². The molecule has 2 fully saturated rings. The molecule has 7 heteroatoms. The van der Waals surface area contributed by atoms with Crippen molar-refractivity contribution in [2.45, 2.75) is 37.8 Å². The average Bonchev–Trinajstić information content (AvgIpc) is 3.21. The highest BCUT2D eigenvalue weighted by Crippen LogP contribution is 2.27. The molecule has 2 aromatic rings. The molecule has 1 aromatic carbocycles. The van der Waals surface area contributed by atoms with Crippen molar-refractivity contribution in [2.75, 3.05) is 19.7 Å². The van der Waals surface area contributed by atoms with E-state index in [4.69, 9.17) is 16.3 Å². The first kappa shape index (κ1) is 15.7. The van der Waals surface area contributed by atoms with Gasteiger partial charge in [-0.15, -0.1) is 0 Å². The zero-order valence-corrected chi connectivity index (χ0v) is 14.1. The molecule has 1 aromatic heterocycles. The Labute approximate surface area is 144 Å². The van der Waals surface area contributed by atoms with Crippen LogP contribution in [0.15, 0.2) is 23.0 Å². The van der Waals surface area contributed by atoms with Crippen LogP contribution in [-0.4, -0.2) is 46.2 Å². The van der Waals surface area contributed by atoms with Gasteiger partial charge in [0.1, 0.15) is 6.10 Å². The number of benzene rings is 1. The summed E-state index contributed by atoms with van der Waals surface area (Å²) in [7, 11) is 0. The van der Waals surface area contributed by atoms with Crippen molar-refractivity contribution in [1.82, 2.24) is 14.5 Å². The minimum Gasteiger partial charge on any atom is -0.368 e. The van der Waals surface area contributed by atoms with E-state index in [0.29, 0.717) is 24.7 Å². The number of amides is 1. The number of ether oxygens (including phenoxy) is 1. The van der Waals surface area contributed by atoms with Crippen LogP contribution in [0.3, 0.4) is 0 Å². The molecule has 0 aliphatic carbocycles. The Bertz CT molecular complexity index is 814. The van der Waals surface area contributed by atoms with Gasteiger partial charge in [0.05, 0.1) is 11.0 Å². The van der Waals surface area contributed by atoms with Crippen molar-refractivity contribution in [2.24, 2.45) is 0 Å². The highest BCUT2D eigenvalue weighted by molar-refractivity contribution is 6.31. The summed E-state index contributed by atoms with van der Waals surface area (Å²) in [6, 6.07) is 5.54. The van der Waals surface area contributed by atoms with Gasteiger partial charge in [-0.1, -0.05) is 11.6 Å². The molecule has 24 heavy (non-hydrogen) atoms. The quantitative estimate of drug-likeness (QED) is 0.904. The zero-order valence-electron chi connectivity index (χ0n) is 13.3. The molecule has 1 N–H and O–H groups in total. The second-order valence-corrected chi connectivity index (χ2v) is 6.96. The predicted octanol–water partition coefficient (Wildman–Crippen LogP) is 2.33. The van der Waals surface area contributed by atoms with Crippen LogP contribution < -0.4 is 5.69 Å². The molecule has 0 radical (unpaired) electrons. The van der Waals surface area contributed by atoms with E-state index >= 15 is 0 Å². The minimum atomic E-state index is -0.264. The Kier molecular flexibility index (Phi) is 4.10. The topological polar surface area (TPSA) is 67.3 Å². The molecule has 0 spiro atoms. The van der Waals surface area contributed by atoms with Crippen LogP contribution >= 0.6 is 11.6 Å². The summed E-state index contributed by atoms with van der Waals surface area (Å²) >= 11 is 5.99. The van der Waals surface area contributed by atoms with Crippen molar-refractivity contribution in [3.05, 3.63) is 33.7 Å². The van der Waals surface area contributed by atoms with Crippen molar-refractivity contribution in [3.63, 3.8) is 0 Å². The Balaban J connectivity index is 1.51. The van der Waals surface area contributed by atoms with E-state index in [0.717, 1.165) is 36.7 Å². The summed E-state index contributed by atoms with van der Waals surface area (Å²) in [5.74, 6) is 0.101. The molecule has 6 nitrogen and oxygen atoms in total. The number of H-pyrrole nitrogens is 1. The van der Waals surface area contributed by atoms with Crippen LogP contribution in [0.25, 0.3) is 11.0 Å². The maximum absolute atomic E-state index is 12.4. The zero-order chi connectivity index (χ0) is 16.7. The summed E-state index contributed by atoms with van der Waals surface area (Å²) in [5.41, 5.74) is 1.51. The number of nitrogens with zero attached hydrogens (tertiary/aromatic N) is 2. The van der Waals surface area contributed by atoms with Gasteiger partial charge in [-0.3, -0.25) is 9.36 Å². The van der Waals surface area contributed by atoms with Gasteiger partial charge >= 0.3 is 5.69 Å². The molecule has 128 valence electrons. The highest BCUT2D eigenvalue weighted by Gasteiger charge is 2.32. The number of rotatable bonds is 2. The fourth-order valence-electron chi connectivity index (χ4n) is 3.79. The van der Waals surface area contributed by atoms with Crippen molar-refractivity contribution >= 4 is 28.5 Å². The fraction of sp³-hybridized carbons (Fsp3) is 0.529. The van der Waals surface area contributed by atoms with E-state index in [1.807, 2.05) is 11.0 Å². The van der Waals surface area contributed by atoms with Crippen molar-refractivity contribution < 1.29 is 9.53 Å². The van der Waals surface area contributed by atoms with Gasteiger partial charge in [0.15, 0.2) is 0 Å². The normalized spacial score (nSPS) is 22.4. The lowest BCUT2D eigenvalue weighted by molar-refractivity contribution is -0.142. The van der Waals surface area contributed by atoms with Gasteiger partial charge < -0.3 is 14.6 Å². The summed E-state index contributed by atoms with van der Waals surface area (Å²) < 4.78 is 7.30. The third kappa shape index (κ3) is 2.74. The number of carbonyl (C=O) groups excluding carboxylic acids is 1. The van der Waals surface area contributed by atoms with E-state index in [2.05, 4.69) is 4.98 Å². The monoisotopic (exact) mass is 349 g/mol. The molecule has 3 heterocycles. The predicted molar refractivity (Wildman–Crippen MR) is 91.4 cm³/mol. The van der Waals surface area contributed by atoms with Gasteiger partial charge in [0.2, 0.25) is 0 Å². The molecular formula is C17H20ClN3O3. The smallest absolute Gasteiger partial charge is 0.326 e. The summed E-state index contributed by atoms with van der Waals surface area (Å²) in [4.78, 5) is 29.5. The summed E-state index contributed by atoms with van der Waals surface area (Å²) in [5, 5.41) is 0.605. The lowest BCUT2D eigenvalue weighted by atomic mass is 10.0. The molecule has 4 rings (SSSR count). The number of nitrogens with one attached hydrogen (secondary N) is 1. The third-order valence-electron chi connectivity index (χ3n) is 5.02. The van der Waals surface area contributed by atoms with Gasteiger partial charge in [0, 0.05) is 30.8 Å². The Morgan fingerprint density at radius 2 is 2.04 bits per heavy atom. The summed E-state index contributed by atoms with van der Waals surface area (Å²) in [6.45, 7) is 2.01. The van der Waals surface area contributed by atoms with Gasteiger partial charge in [0.25, 0.3) is 5.91 Å². The molecule has 1 amide bonds. The molecular weight excluding hydrogens is 330 g/mol. The van der Waals surface area contributed by atoms with Crippen LogP contribution in [0, 0.1) is 0 Å². The molecule has 2 saturated heterocycles. The number of hydrogen-bond donors (Lipinski definition) is 1. The number of aromatic amines is 1. The second-order valence-electron chi connectivity index (χ2n) is 6.52. The number of halogens is 1. The lowest BCUT2D eigenvalue weighted by Crippen LogP contribution is -2.44. The number of fused-ring (bicyclic) bond motifs is 1. The second kappa shape index (κ2) is 6.26. The van der Waals surface area contributed by atoms with Crippen LogP contribution in [0.5, 0.6) is 0 Å². The molecule has 1 unspecified atom stereocenters. The fourth-order valence-corrected chi connectivity index (χ4v) is 3.96. The number of imidazole rings is 1. The van der Waals surface area contributed by atoms with E-state index < -0.39 is 0 Å². The van der Waals surface area contributed by atoms with Gasteiger partial charge in [-0.25, -0.2) is 4.79 Å². The first-order chi connectivity index (χ1) is 11.6. The van der Waals surface area contributed by atoms with Crippen molar-refractivity contribution in [1.29, 1.82) is 0 Å². The SMILES string of the molecule is O=C(C1CCCO1)N1CCC(n2c(=O)[nH]c3cc(Cl)ccc32)CC1. The first-order valence-corrected chi connectivity index (χ1v) is 8.81. The van der Waals surface area contributed by atoms with E-state index in [1.54, 1.807) is 16.7 Å².